The third-order valence-corrected chi connectivity index (χ3v) is 5.84. The Hall–Kier alpha value is -3.59. The monoisotopic (exact) mass is 527 g/mol. The number of aryl methyl sites for hydroxylation is 1. The molecule has 4 aromatic rings. The molecule has 0 aliphatic carbocycles. The van der Waals surface area contributed by atoms with E-state index < -0.39 is 5.91 Å². The van der Waals surface area contributed by atoms with Crippen LogP contribution in [0.2, 0.25) is 10.0 Å². The Kier molecular flexibility index (Phi) is 7.25. The number of fused-ring (bicyclic) bond motifs is 1. The molecule has 0 aliphatic heterocycles. The van der Waals surface area contributed by atoms with Gasteiger partial charge >= 0.3 is 0 Å². The molecule has 178 valence electrons. The van der Waals surface area contributed by atoms with E-state index in [1.54, 1.807) is 30.3 Å². The highest BCUT2D eigenvalue weighted by atomic mass is 35.5. The molecule has 0 atom stereocenters. The Morgan fingerprint density at radius 2 is 1.66 bits per heavy atom. The zero-order chi connectivity index (χ0) is 25.1. The quantitative estimate of drug-likeness (QED) is 0.259. The van der Waals surface area contributed by atoms with E-state index in [0.29, 0.717) is 17.0 Å². The number of nitrogens with one attached hydrogen (secondary N) is 3. The molecular formula is C25H19Cl2N3O4S. The molecule has 0 unspecified atom stereocenters. The van der Waals surface area contributed by atoms with E-state index in [-0.39, 0.29) is 38.1 Å². The Labute approximate surface area is 216 Å². The normalized spacial score (nSPS) is 10.6. The molecule has 0 saturated carbocycles. The summed E-state index contributed by atoms with van der Waals surface area (Å²) in [4.78, 5) is 25.2. The van der Waals surface area contributed by atoms with Crippen LogP contribution in [-0.2, 0) is 0 Å². The van der Waals surface area contributed by atoms with E-state index in [1.807, 2.05) is 25.1 Å². The van der Waals surface area contributed by atoms with Gasteiger partial charge in [-0.1, -0.05) is 41.4 Å². The van der Waals surface area contributed by atoms with Gasteiger partial charge in [-0.2, -0.15) is 0 Å². The van der Waals surface area contributed by atoms with Gasteiger partial charge < -0.3 is 19.8 Å². The Morgan fingerprint density at radius 1 is 0.943 bits per heavy atom. The van der Waals surface area contributed by atoms with E-state index in [9.17, 15) is 9.59 Å². The average Bonchev–Trinajstić information content (AvgIpc) is 3.25. The summed E-state index contributed by atoms with van der Waals surface area (Å²) >= 11 is 17.5. The molecule has 35 heavy (non-hydrogen) atoms. The highest BCUT2D eigenvalue weighted by Gasteiger charge is 2.16. The van der Waals surface area contributed by atoms with Crippen molar-refractivity contribution in [1.82, 2.24) is 5.32 Å². The van der Waals surface area contributed by atoms with Crippen LogP contribution in [0.1, 0.15) is 26.5 Å². The molecular weight excluding hydrogens is 509 g/mol. The predicted molar refractivity (Wildman–Crippen MR) is 142 cm³/mol. The second-order valence-electron chi connectivity index (χ2n) is 7.51. The molecule has 2 amide bonds. The van der Waals surface area contributed by atoms with Crippen molar-refractivity contribution in [3.05, 3.63) is 87.6 Å². The van der Waals surface area contributed by atoms with Gasteiger partial charge in [-0.15, -0.1) is 0 Å². The van der Waals surface area contributed by atoms with Gasteiger partial charge in [0.1, 0.15) is 5.58 Å². The first-order chi connectivity index (χ1) is 16.7. The second-order valence-corrected chi connectivity index (χ2v) is 8.74. The van der Waals surface area contributed by atoms with Crippen molar-refractivity contribution in [3.63, 3.8) is 0 Å². The van der Waals surface area contributed by atoms with E-state index in [4.69, 9.17) is 44.6 Å². The summed E-state index contributed by atoms with van der Waals surface area (Å²) in [5.74, 6) is -0.339. The number of amides is 2. The first kappa shape index (κ1) is 24.5. The van der Waals surface area contributed by atoms with Crippen LogP contribution < -0.4 is 20.7 Å². The fraction of sp³-hybridized carbons (Fsp3) is 0.0800. The number of furan rings is 1. The lowest BCUT2D eigenvalue weighted by Crippen LogP contribution is -2.34. The van der Waals surface area contributed by atoms with Gasteiger partial charge in [0, 0.05) is 22.3 Å². The number of rotatable bonds is 5. The van der Waals surface area contributed by atoms with Crippen LogP contribution in [0.25, 0.3) is 11.0 Å². The van der Waals surface area contributed by atoms with Crippen LogP contribution >= 0.6 is 35.4 Å². The number of ether oxygens (including phenoxy) is 1. The van der Waals surface area contributed by atoms with Crippen molar-refractivity contribution in [2.75, 3.05) is 17.7 Å². The standard InChI is InChI=1S/C25H19Cl2N3O4S/c1-13-9-16(28-25(35)30-23(31)15-10-17(26)22(33-2)18(27)11-15)7-8-19(13)29-24(32)21-12-14-5-3-4-6-20(14)34-21/h3-12H,1-2H3,(H,29,32)(H2,28,30,31,35). The molecule has 3 N–H and O–H groups in total. The highest BCUT2D eigenvalue weighted by Crippen LogP contribution is 2.33. The molecule has 0 fully saturated rings. The number of hydrogen-bond acceptors (Lipinski definition) is 5. The maximum Gasteiger partial charge on any atom is 0.291 e. The number of methoxy groups -OCH3 is 1. The van der Waals surface area contributed by atoms with Crippen molar-refractivity contribution in [2.45, 2.75) is 6.92 Å². The predicted octanol–water partition coefficient (Wildman–Crippen LogP) is 6.44. The fourth-order valence-corrected chi connectivity index (χ4v) is 4.23. The molecule has 3 aromatic carbocycles. The number of halogens is 2. The highest BCUT2D eigenvalue weighted by molar-refractivity contribution is 7.80. The molecule has 4 rings (SSSR count). The van der Waals surface area contributed by atoms with Crippen molar-refractivity contribution in [1.29, 1.82) is 0 Å². The number of benzene rings is 3. The van der Waals surface area contributed by atoms with Gasteiger partial charge in [0.15, 0.2) is 16.6 Å². The molecule has 0 saturated heterocycles. The first-order valence-corrected chi connectivity index (χ1v) is 11.5. The number of hydrogen-bond donors (Lipinski definition) is 3. The lowest BCUT2D eigenvalue weighted by atomic mass is 10.1. The van der Waals surface area contributed by atoms with Gasteiger partial charge in [-0.05, 0) is 67.2 Å². The van der Waals surface area contributed by atoms with Crippen LogP contribution in [0, 0.1) is 6.92 Å². The van der Waals surface area contributed by atoms with Crippen molar-refractivity contribution in [3.8, 4) is 5.75 Å². The Balaban J connectivity index is 1.39. The maximum atomic E-state index is 12.6. The molecule has 1 heterocycles. The van der Waals surface area contributed by atoms with Crippen molar-refractivity contribution < 1.29 is 18.7 Å². The number of para-hydroxylation sites is 1. The van der Waals surface area contributed by atoms with Crippen molar-refractivity contribution >= 4 is 74.7 Å². The van der Waals surface area contributed by atoms with Crippen LogP contribution in [0.3, 0.4) is 0 Å². The van der Waals surface area contributed by atoms with Crippen molar-refractivity contribution in [2.24, 2.45) is 0 Å². The van der Waals surface area contributed by atoms with E-state index in [0.717, 1.165) is 10.9 Å². The van der Waals surface area contributed by atoms with Crippen LogP contribution in [0.4, 0.5) is 11.4 Å². The summed E-state index contributed by atoms with van der Waals surface area (Å²) < 4.78 is 10.7. The lowest BCUT2D eigenvalue weighted by molar-refractivity contribution is 0.0975. The zero-order valence-corrected chi connectivity index (χ0v) is 20.9. The SMILES string of the molecule is COc1c(Cl)cc(C(=O)NC(=S)Nc2ccc(NC(=O)c3cc4ccccc4o3)c(C)c2)cc1Cl. The molecule has 10 heteroatoms. The third-order valence-electron chi connectivity index (χ3n) is 5.07. The molecule has 1 aromatic heterocycles. The topological polar surface area (TPSA) is 92.6 Å². The summed E-state index contributed by atoms with van der Waals surface area (Å²) in [5.41, 5.74) is 2.88. The minimum Gasteiger partial charge on any atom is -0.494 e. The van der Waals surface area contributed by atoms with Gasteiger partial charge in [-0.3, -0.25) is 14.9 Å². The fourth-order valence-electron chi connectivity index (χ4n) is 3.38. The summed E-state index contributed by atoms with van der Waals surface area (Å²) in [6.45, 7) is 1.84. The van der Waals surface area contributed by atoms with Crippen LogP contribution in [0.5, 0.6) is 5.75 Å². The number of anilines is 2. The number of carbonyl (C=O) groups excluding carboxylic acids is 2. The van der Waals surface area contributed by atoms with E-state index >= 15 is 0 Å². The molecule has 0 aliphatic rings. The van der Waals surface area contributed by atoms with Gasteiger partial charge in [0.25, 0.3) is 11.8 Å². The summed E-state index contributed by atoms with van der Waals surface area (Å²) in [5, 5.41) is 9.71. The van der Waals surface area contributed by atoms with Crippen LogP contribution in [-0.4, -0.2) is 24.0 Å². The molecule has 0 bridgehead atoms. The summed E-state index contributed by atoms with van der Waals surface area (Å²) in [7, 11) is 1.43. The lowest BCUT2D eigenvalue weighted by Gasteiger charge is -2.13. The Morgan fingerprint density at radius 3 is 2.31 bits per heavy atom. The first-order valence-electron chi connectivity index (χ1n) is 10.3. The number of thiocarbonyl (C=S) groups is 1. The molecule has 7 nitrogen and oxygen atoms in total. The average molecular weight is 528 g/mol. The third kappa shape index (κ3) is 5.57. The maximum absolute atomic E-state index is 12.6. The minimum absolute atomic E-state index is 0.0801. The summed E-state index contributed by atoms with van der Waals surface area (Å²) in [6, 6.07) is 17.2. The summed E-state index contributed by atoms with van der Waals surface area (Å²) in [6.07, 6.45) is 0. The van der Waals surface area contributed by atoms with Gasteiger partial charge in [-0.25, -0.2) is 0 Å². The largest absolute Gasteiger partial charge is 0.494 e. The zero-order valence-electron chi connectivity index (χ0n) is 18.6. The van der Waals surface area contributed by atoms with E-state index in [2.05, 4.69) is 16.0 Å². The second kappa shape index (κ2) is 10.4. The van der Waals surface area contributed by atoms with Crippen LogP contribution in [0.15, 0.2) is 65.1 Å². The minimum atomic E-state index is -0.486. The number of carbonyl (C=O) groups is 2. The van der Waals surface area contributed by atoms with Gasteiger partial charge in [0.2, 0.25) is 0 Å². The molecule has 0 spiro atoms. The smallest absolute Gasteiger partial charge is 0.291 e. The van der Waals surface area contributed by atoms with Gasteiger partial charge in [0.05, 0.1) is 17.2 Å². The molecule has 0 radical (unpaired) electrons. The Bertz CT molecular complexity index is 1410. The van der Waals surface area contributed by atoms with E-state index in [1.165, 1.54) is 19.2 Å².